The van der Waals surface area contributed by atoms with Gasteiger partial charge in [0.15, 0.2) is 0 Å². The van der Waals surface area contributed by atoms with Crippen LogP contribution in [0.4, 0.5) is 13.2 Å². The van der Waals surface area contributed by atoms with Crippen molar-refractivity contribution < 1.29 is 22.6 Å². The molecule has 0 aliphatic heterocycles. The first kappa shape index (κ1) is 21.8. The van der Waals surface area contributed by atoms with Gasteiger partial charge in [-0.1, -0.05) is 6.07 Å². The maximum absolute atomic E-state index is 12.6. The summed E-state index contributed by atoms with van der Waals surface area (Å²) < 4.78 is 49.8. The van der Waals surface area contributed by atoms with Gasteiger partial charge in [0.1, 0.15) is 34.2 Å². The Balaban J connectivity index is 1.49. The number of aromatic nitrogens is 4. The van der Waals surface area contributed by atoms with Crippen molar-refractivity contribution in [2.75, 3.05) is 7.11 Å². The molecule has 0 saturated carbocycles. The average Bonchev–Trinajstić information content (AvgIpc) is 3.27. The largest absolute Gasteiger partial charge is 0.496 e. The van der Waals surface area contributed by atoms with E-state index in [0.717, 1.165) is 33.7 Å². The maximum atomic E-state index is 12.6. The van der Waals surface area contributed by atoms with Crippen molar-refractivity contribution in [3.05, 3.63) is 76.9 Å². The summed E-state index contributed by atoms with van der Waals surface area (Å²) >= 11 is 3.31. The normalized spacial score (nSPS) is 11.4. The summed E-state index contributed by atoms with van der Waals surface area (Å²) in [6.07, 6.45) is 0.0845. The number of halogens is 4. The van der Waals surface area contributed by atoms with Crippen molar-refractivity contribution in [3.8, 4) is 34.1 Å². The molecule has 3 aromatic heterocycles. The molecule has 0 spiro atoms. The molecule has 0 unspecified atom stereocenters. The summed E-state index contributed by atoms with van der Waals surface area (Å²) in [5, 5.41) is 0. The molecule has 1 aromatic carbocycles. The number of alkyl halides is 3. The van der Waals surface area contributed by atoms with Crippen molar-refractivity contribution >= 4 is 15.9 Å². The first-order chi connectivity index (χ1) is 15.3. The van der Waals surface area contributed by atoms with E-state index >= 15 is 0 Å². The summed E-state index contributed by atoms with van der Waals surface area (Å²) in [5.41, 5.74) is 1.94. The van der Waals surface area contributed by atoms with Gasteiger partial charge in [-0.25, -0.2) is 9.97 Å². The van der Waals surface area contributed by atoms with Crippen LogP contribution in [0.3, 0.4) is 0 Å². The van der Waals surface area contributed by atoms with Gasteiger partial charge in [-0.3, -0.25) is 4.98 Å². The summed E-state index contributed by atoms with van der Waals surface area (Å²) in [4.78, 5) is 15.3. The first-order valence-electron chi connectivity index (χ1n) is 9.34. The average molecular weight is 505 g/mol. The Morgan fingerprint density at radius 3 is 2.47 bits per heavy atom. The second kappa shape index (κ2) is 8.99. The molecular weight excluding hydrogens is 489 g/mol. The second-order valence-electron chi connectivity index (χ2n) is 6.72. The third-order valence-electron chi connectivity index (χ3n) is 4.56. The fraction of sp³-hybridized carbons (Fsp3) is 0.136. The van der Waals surface area contributed by atoms with E-state index in [1.54, 1.807) is 24.5 Å². The van der Waals surface area contributed by atoms with Crippen LogP contribution >= 0.6 is 15.9 Å². The van der Waals surface area contributed by atoms with Gasteiger partial charge < -0.3 is 14.5 Å². The highest BCUT2D eigenvalue weighted by atomic mass is 79.9. The molecule has 0 fully saturated rings. The zero-order chi connectivity index (χ0) is 22.7. The predicted molar refractivity (Wildman–Crippen MR) is 115 cm³/mol. The molecule has 0 saturated heterocycles. The molecule has 4 rings (SSSR count). The van der Waals surface area contributed by atoms with Crippen molar-refractivity contribution in [2.45, 2.75) is 12.8 Å². The number of nitrogens with zero attached hydrogens (tertiary/aromatic N) is 3. The lowest BCUT2D eigenvalue weighted by Crippen LogP contribution is -2.08. The molecule has 3 heterocycles. The fourth-order valence-electron chi connectivity index (χ4n) is 2.95. The molecule has 0 atom stereocenters. The summed E-state index contributed by atoms with van der Waals surface area (Å²) in [6, 6.07) is 11.3. The Hall–Kier alpha value is -3.40. The number of nitrogens with one attached hydrogen (secondary N) is 1. The monoisotopic (exact) mass is 504 g/mol. The Morgan fingerprint density at radius 2 is 1.81 bits per heavy atom. The van der Waals surface area contributed by atoms with Gasteiger partial charge in [0.2, 0.25) is 0 Å². The van der Waals surface area contributed by atoms with E-state index in [1.165, 1.54) is 13.2 Å². The topological polar surface area (TPSA) is 72.9 Å². The van der Waals surface area contributed by atoms with Crippen LogP contribution in [0, 0.1) is 0 Å². The minimum atomic E-state index is -4.47. The van der Waals surface area contributed by atoms with Crippen LogP contribution in [0.15, 0.2) is 65.7 Å². The van der Waals surface area contributed by atoms with Crippen LogP contribution in [-0.4, -0.2) is 27.0 Å². The van der Waals surface area contributed by atoms with Crippen molar-refractivity contribution in [2.24, 2.45) is 0 Å². The molecule has 4 aromatic rings. The number of rotatable bonds is 6. The van der Waals surface area contributed by atoms with Gasteiger partial charge >= 0.3 is 6.18 Å². The van der Waals surface area contributed by atoms with Crippen LogP contribution in [-0.2, 0) is 12.8 Å². The standard InChI is InChI=1S/C22H16BrF3N4O2/c1-31-18-8-15(32-12-13-2-6-19(27-9-13)22(24,25)26)4-5-16(18)17-11-29-21(30-17)14-3-7-20(23)28-10-14/h2-11H,12H2,1H3,(H,29,30). The lowest BCUT2D eigenvalue weighted by atomic mass is 10.1. The van der Waals surface area contributed by atoms with E-state index in [2.05, 4.69) is 35.9 Å². The molecular formula is C22H16BrF3N4O2. The zero-order valence-electron chi connectivity index (χ0n) is 16.7. The quantitative estimate of drug-likeness (QED) is 0.331. The third-order valence-corrected chi connectivity index (χ3v) is 5.03. The molecule has 164 valence electrons. The Morgan fingerprint density at radius 1 is 0.969 bits per heavy atom. The predicted octanol–water partition coefficient (Wildman–Crippen LogP) is 5.90. The molecule has 32 heavy (non-hydrogen) atoms. The number of benzene rings is 1. The van der Waals surface area contributed by atoms with Crippen molar-refractivity contribution in [1.29, 1.82) is 0 Å². The number of hydrogen-bond donors (Lipinski definition) is 1. The number of methoxy groups -OCH3 is 1. The minimum Gasteiger partial charge on any atom is -0.496 e. The number of H-pyrrole nitrogens is 1. The molecule has 0 radical (unpaired) electrons. The lowest BCUT2D eigenvalue weighted by molar-refractivity contribution is -0.141. The molecule has 0 aliphatic rings. The second-order valence-corrected chi connectivity index (χ2v) is 7.53. The smallest absolute Gasteiger partial charge is 0.433 e. The van der Waals surface area contributed by atoms with E-state index in [-0.39, 0.29) is 6.61 Å². The Bertz CT molecular complexity index is 1210. The number of imidazole rings is 1. The van der Waals surface area contributed by atoms with E-state index < -0.39 is 11.9 Å². The molecule has 0 bridgehead atoms. The maximum Gasteiger partial charge on any atom is 0.433 e. The highest BCUT2D eigenvalue weighted by Crippen LogP contribution is 2.34. The van der Waals surface area contributed by atoms with Gasteiger partial charge in [-0.15, -0.1) is 0 Å². The summed E-state index contributed by atoms with van der Waals surface area (Å²) in [7, 11) is 1.54. The Labute approximate surface area is 189 Å². The fourth-order valence-corrected chi connectivity index (χ4v) is 3.18. The van der Waals surface area contributed by atoms with Crippen LogP contribution in [0.25, 0.3) is 22.6 Å². The molecule has 0 amide bonds. The Kier molecular flexibility index (Phi) is 6.13. The SMILES string of the molecule is COc1cc(OCc2ccc(C(F)(F)F)nc2)ccc1-c1cnc(-c2ccc(Br)nc2)[nH]1. The number of ether oxygens (including phenoxy) is 2. The molecule has 6 nitrogen and oxygen atoms in total. The van der Waals surface area contributed by atoms with E-state index in [0.29, 0.717) is 22.9 Å². The minimum absolute atomic E-state index is 0.0679. The van der Waals surface area contributed by atoms with Crippen LogP contribution < -0.4 is 9.47 Å². The van der Waals surface area contributed by atoms with E-state index in [4.69, 9.17) is 9.47 Å². The van der Waals surface area contributed by atoms with Crippen LogP contribution in [0.5, 0.6) is 11.5 Å². The van der Waals surface area contributed by atoms with Crippen LogP contribution in [0.1, 0.15) is 11.3 Å². The molecule has 1 N–H and O–H groups in total. The number of pyridine rings is 2. The third kappa shape index (κ3) is 4.91. The number of hydrogen-bond acceptors (Lipinski definition) is 5. The summed E-state index contributed by atoms with van der Waals surface area (Å²) in [6.45, 7) is 0.0679. The summed E-state index contributed by atoms with van der Waals surface area (Å²) in [5.74, 6) is 1.72. The van der Waals surface area contributed by atoms with Gasteiger partial charge in [-0.2, -0.15) is 13.2 Å². The van der Waals surface area contributed by atoms with E-state index in [1.807, 2.05) is 18.2 Å². The highest BCUT2D eigenvalue weighted by molar-refractivity contribution is 9.10. The van der Waals surface area contributed by atoms with Crippen molar-refractivity contribution in [1.82, 2.24) is 19.9 Å². The van der Waals surface area contributed by atoms with E-state index in [9.17, 15) is 13.2 Å². The van der Waals surface area contributed by atoms with Crippen molar-refractivity contribution in [3.63, 3.8) is 0 Å². The van der Waals surface area contributed by atoms with Crippen LogP contribution in [0.2, 0.25) is 0 Å². The number of aromatic amines is 1. The van der Waals surface area contributed by atoms with Gasteiger partial charge in [0.05, 0.1) is 19.0 Å². The van der Waals surface area contributed by atoms with Gasteiger partial charge in [0.25, 0.3) is 0 Å². The van der Waals surface area contributed by atoms with Gasteiger partial charge in [-0.05, 0) is 46.3 Å². The molecule has 0 aliphatic carbocycles. The zero-order valence-corrected chi connectivity index (χ0v) is 18.2. The molecule has 10 heteroatoms. The van der Waals surface area contributed by atoms with Gasteiger partial charge in [0, 0.05) is 35.2 Å². The highest BCUT2D eigenvalue weighted by Gasteiger charge is 2.32. The first-order valence-corrected chi connectivity index (χ1v) is 10.1. The lowest BCUT2D eigenvalue weighted by Gasteiger charge is -2.11.